The third-order valence-electron chi connectivity index (χ3n) is 4.99. The first-order chi connectivity index (χ1) is 9.17. The van der Waals surface area contributed by atoms with Crippen molar-refractivity contribution < 1.29 is 4.79 Å². The minimum absolute atomic E-state index is 0.102. The summed E-state index contributed by atoms with van der Waals surface area (Å²) in [5, 5.41) is 0. The molecule has 1 saturated carbocycles. The lowest BCUT2D eigenvalue weighted by molar-refractivity contribution is -0.137. The minimum Gasteiger partial charge on any atom is -0.342 e. The molecule has 4 nitrogen and oxygen atoms in total. The Morgan fingerprint density at radius 3 is 2.26 bits per heavy atom. The number of likely N-dealkylation sites (tertiary alicyclic amines) is 1. The highest BCUT2D eigenvalue weighted by molar-refractivity contribution is 5.80. The predicted molar refractivity (Wildman–Crippen MR) is 77.8 cm³/mol. The van der Waals surface area contributed by atoms with Crippen LogP contribution >= 0.6 is 0 Å². The molecule has 2 atom stereocenters. The zero-order chi connectivity index (χ0) is 13.8. The Hall–Kier alpha value is -0.610. The van der Waals surface area contributed by atoms with E-state index >= 15 is 0 Å². The summed E-state index contributed by atoms with van der Waals surface area (Å²) in [4.78, 5) is 17.0. The fraction of sp³-hybridized carbons (Fsp3) is 0.933. The molecule has 2 aliphatic rings. The van der Waals surface area contributed by atoms with Gasteiger partial charge in [-0.3, -0.25) is 4.79 Å². The Kier molecular flexibility index (Phi) is 5.22. The highest BCUT2D eigenvalue weighted by Crippen LogP contribution is 2.27. The number of amides is 1. The van der Waals surface area contributed by atoms with Gasteiger partial charge in [-0.1, -0.05) is 20.3 Å². The Labute approximate surface area is 117 Å². The largest absolute Gasteiger partial charge is 0.342 e. The smallest absolute Gasteiger partial charge is 0.227 e. The molecule has 110 valence electrons. The first kappa shape index (κ1) is 14.8. The molecule has 4 heteroatoms. The summed E-state index contributed by atoms with van der Waals surface area (Å²) in [5.74, 6) is 0.424. The van der Waals surface area contributed by atoms with Crippen molar-refractivity contribution in [2.75, 3.05) is 26.2 Å². The molecule has 1 heterocycles. The van der Waals surface area contributed by atoms with Crippen molar-refractivity contribution in [2.45, 2.75) is 58.0 Å². The monoisotopic (exact) mass is 267 g/mol. The summed E-state index contributed by atoms with van der Waals surface area (Å²) in [7, 11) is 0. The molecular formula is C15H29N3O. The Morgan fingerprint density at radius 2 is 1.79 bits per heavy atom. The number of hydrogen-bond acceptors (Lipinski definition) is 3. The molecule has 1 aliphatic carbocycles. The van der Waals surface area contributed by atoms with E-state index in [4.69, 9.17) is 5.73 Å². The van der Waals surface area contributed by atoms with Crippen LogP contribution in [0.1, 0.15) is 46.0 Å². The van der Waals surface area contributed by atoms with Gasteiger partial charge in [0.05, 0.1) is 5.92 Å². The van der Waals surface area contributed by atoms with Crippen molar-refractivity contribution in [2.24, 2.45) is 11.7 Å². The Morgan fingerprint density at radius 1 is 1.16 bits per heavy atom. The summed E-state index contributed by atoms with van der Waals surface area (Å²) in [6, 6.07) is 0.768. The molecule has 0 bridgehead atoms. The molecule has 1 amide bonds. The average molecular weight is 267 g/mol. The molecule has 2 fully saturated rings. The molecule has 1 saturated heterocycles. The fourth-order valence-electron chi connectivity index (χ4n) is 3.72. The highest BCUT2D eigenvalue weighted by atomic mass is 16.2. The van der Waals surface area contributed by atoms with Gasteiger partial charge in [-0.05, 0) is 38.8 Å². The third kappa shape index (κ3) is 3.29. The van der Waals surface area contributed by atoms with Crippen molar-refractivity contribution in [1.82, 2.24) is 9.80 Å². The molecule has 2 unspecified atom stereocenters. The molecular weight excluding hydrogens is 238 g/mol. The van der Waals surface area contributed by atoms with E-state index in [9.17, 15) is 4.79 Å². The van der Waals surface area contributed by atoms with E-state index in [-0.39, 0.29) is 12.0 Å². The van der Waals surface area contributed by atoms with Crippen LogP contribution in [0.2, 0.25) is 0 Å². The average Bonchev–Trinajstić information content (AvgIpc) is 2.86. The molecule has 19 heavy (non-hydrogen) atoms. The van der Waals surface area contributed by atoms with Gasteiger partial charge in [0.25, 0.3) is 0 Å². The maximum atomic E-state index is 12.5. The molecule has 0 aromatic carbocycles. The maximum absolute atomic E-state index is 12.5. The van der Waals surface area contributed by atoms with E-state index in [1.807, 2.05) is 0 Å². The van der Waals surface area contributed by atoms with Crippen molar-refractivity contribution >= 4 is 5.91 Å². The minimum atomic E-state index is 0.102. The summed E-state index contributed by atoms with van der Waals surface area (Å²) < 4.78 is 0. The van der Waals surface area contributed by atoms with Crippen LogP contribution in [-0.2, 0) is 4.79 Å². The quantitative estimate of drug-likeness (QED) is 0.838. The summed E-state index contributed by atoms with van der Waals surface area (Å²) in [6.45, 7) is 8.51. The van der Waals surface area contributed by atoms with Gasteiger partial charge in [0.1, 0.15) is 0 Å². The molecule has 0 aromatic heterocycles. The van der Waals surface area contributed by atoms with Crippen LogP contribution < -0.4 is 5.73 Å². The van der Waals surface area contributed by atoms with E-state index in [1.165, 1.54) is 0 Å². The lowest BCUT2D eigenvalue weighted by Gasteiger charge is -2.38. The number of rotatable bonds is 4. The number of hydrogen-bond donors (Lipinski definition) is 1. The third-order valence-corrected chi connectivity index (χ3v) is 4.99. The predicted octanol–water partition coefficient (Wildman–Crippen LogP) is 1.45. The number of nitrogens with two attached hydrogens (primary N) is 1. The van der Waals surface area contributed by atoms with Gasteiger partial charge < -0.3 is 15.5 Å². The van der Waals surface area contributed by atoms with Crippen LogP contribution in [0, 0.1) is 5.92 Å². The molecule has 0 spiro atoms. The second-order valence-electron chi connectivity index (χ2n) is 5.98. The van der Waals surface area contributed by atoms with Gasteiger partial charge in [-0.2, -0.15) is 0 Å². The van der Waals surface area contributed by atoms with Crippen LogP contribution in [0.4, 0.5) is 0 Å². The fourth-order valence-corrected chi connectivity index (χ4v) is 3.72. The first-order valence-corrected chi connectivity index (χ1v) is 7.95. The van der Waals surface area contributed by atoms with Crippen LogP contribution in [0.15, 0.2) is 0 Å². The van der Waals surface area contributed by atoms with Crippen molar-refractivity contribution in [1.29, 1.82) is 0 Å². The number of carbonyl (C=O) groups excluding carboxylic acids is 1. The van der Waals surface area contributed by atoms with Gasteiger partial charge in [-0.25, -0.2) is 0 Å². The summed E-state index contributed by atoms with van der Waals surface area (Å²) in [5.41, 5.74) is 6.05. The van der Waals surface area contributed by atoms with E-state index in [0.717, 1.165) is 58.3 Å². The summed E-state index contributed by atoms with van der Waals surface area (Å²) in [6.07, 6.45) is 5.38. The topological polar surface area (TPSA) is 49.6 Å². The Bertz CT molecular complexity index is 296. The van der Waals surface area contributed by atoms with E-state index < -0.39 is 0 Å². The molecule has 0 radical (unpaired) electrons. The van der Waals surface area contributed by atoms with Crippen molar-refractivity contribution in [3.8, 4) is 0 Å². The molecule has 2 N–H and O–H groups in total. The van der Waals surface area contributed by atoms with E-state index in [2.05, 4.69) is 23.6 Å². The number of carbonyl (C=O) groups is 1. The second kappa shape index (κ2) is 6.71. The molecule has 1 aliphatic heterocycles. The standard InChI is InChI=1S/C15H29N3O/c1-3-17(4-2)12-8-10-18(11-9-12)15(19)13-6-5-7-14(13)16/h12-14H,3-11,16H2,1-2H3. The summed E-state index contributed by atoms with van der Waals surface area (Å²) >= 11 is 0. The van der Waals surface area contributed by atoms with Crippen LogP contribution in [0.3, 0.4) is 0 Å². The van der Waals surface area contributed by atoms with Crippen molar-refractivity contribution in [3.63, 3.8) is 0 Å². The van der Waals surface area contributed by atoms with Gasteiger partial charge in [0, 0.05) is 25.2 Å². The lowest BCUT2D eigenvalue weighted by atomic mass is 9.98. The van der Waals surface area contributed by atoms with Crippen LogP contribution in [0.25, 0.3) is 0 Å². The maximum Gasteiger partial charge on any atom is 0.227 e. The zero-order valence-electron chi connectivity index (χ0n) is 12.5. The number of piperidine rings is 1. The molecule has 2 rings (SSSR count). The lowest BCUT2D eigenvalue weighted by Crippen LogP contribution is -2.49. The van der Waals surface area contributed by atoms with E-state index in [0.29, 0.717) is 11.9 Å². The number of nitrogens with zero attached hydrogens (tertiary/aromatic N) is 2. The SMILES string of the molecule is CCN(CC)C1CCN(C(=O)C2CCCC2N)CC1. The van der Waals surface area contributed by atoms with Gasteiger partial charge in [-0.15, -0.1) is 0 Å². The van der Waals surface area contributed by atoms with Gasteiger partial charge in [0.2, 0.25) is 5.91 Å². The zero-order valence-corrected chi connectivity index (χ0v) is 12.5. The van der Waals surface area contributed by atoms with Gasteiger partial charge in [0.15, 0.2) is 0 Å². The normalized spacial score (nSPS) is 29.2. The highest BCUT2D eigenvalue weighted by Gasteiger charge is 2.35. The van der Waals surface area contributed by atoms with Crippen LogP contribution in [0.5, 0.6) is 0 Å². The second-order valence-corrected chi connectivity index (χ2v) is 5.98. The Balaban J connectivity index is 1.84. The molecule has 0 aromatic rings. The van der Waals surface area contributed by atoms with Crippen LogP contribution in [-0.4, -0.2) is 54.0 Å². The van der Waals surface area contributed by atoms with Gasteiger partial charge >= 0.3 is 0 Å². The first-order valence-electron chi connectivity index (χ1n) is 7.95. The van der Waals surface area contributed by atoms with Crippen molar-refractivity contribution in [3.05, 3.63) is 0 Å². The van der Waals surface area contributed by atoms with E-state index in [1.54, 1.807) is 0 Å².